The van der Waals surface area contributed by atoms with E-state index in [1.807, 2.05) is 0 Å². The Morgan fingerprint density at radius 1 is 1.56 bits per heavy atom. The van der Waals surface area contributed by atoms with Crippen LogP contribution in [0.5, 0.6) is 0 Å². The Morgan fingerprint density at radius 2 is 2.22 bits per heavy atom. The molecule has 0 unspecified atom stereocenters. The summed E-state index contributed by atoms with van der Waals surface area (Å²) in [5.41, 5.74) is -0.463. The molecule has 96 valence electrons. The quantitative estimate of drug-likeness (QED) is 0.421. The van der Waals surface area contributed by atoms with Crippen molar-refractivity contribution in [1.29, 1.82) is 0 Å². The maximum atomic E-state index is 11.0. The fraction of sp³-hybridized carbons (Fsp3) is 0.375. The van der Waals surface area contributed by atoms with Crippen molar-refractivity contribution in [1.82, 2.24) is 9.36 Å². The molecule has 1 atom stereocenters. The lowest BCUT2D eigenvalue weighted by Gasteiger charge is -2.07. The van der Waals surface area contributed by atoms with Gasteiger partial charge in [-0.15, -0.1) is 0 Å². The van der Waals surface area contributed by atoms with Gasteiger partial charge in [0.2, 0.25) is 17.6 Å². The molecule has 10 heteroatoms. The van der Waals surface area contributed by atoms with Crippen LogP contribution in [0.15, 0.2) is 5.16 Å². The van der Waals surface area contributed by atoms with Gasteiger partial charge in [0.25, 0.3) is 0 Å². The molecule has 1 aromatic rings. The van der Waals surface area contributed by atoms with Crippen LogP contribution in [-0.2, 0) is 19.1 Å². The van der Waals surface area contributed by atoms with Gasteiger partial charge in [-0.25, -0.2) is 14.6 Å². The van der Waals surface area contributed by atoms with Gasteiger partial charge >= 0.3 is 20.0 Å². The van der Waals surface area contributed by atoms with E-state index in [1.54, 1.807) is 6.92 Å². The smallest absolute Gasteiger partial charge is 0.362 e. The number of nitrogens with zero attached hydrogens (tertiary/aromatic N) is 3. The van der Waals surface area contributed by atoms with Gasteiger partial charge in [0.15, 0.2) is 0 Å². The van der Waals surface area contributed by atoms with Gasteiger partial charge in [-0.3, -0.25) is 0 Å². The maximum absolute atomic E-state index is 11.0. The van der Waals surface area contributed by atoms with Gasteiger partial charge in [-0.05, 0) is 25.4 Å². The van der Waals surface area contributed by atoms with Crippen LogP contribution in [-0.4, -0.2) is 46.3 Å². The van der Waals surface area contributed by atoms with Gasteiger partial charge in [-0.1, -0.05) is 5.16 Å². The number of carboxylic acid groups (broad SMARTS) is 1. The molecular weight excluding hydrogens is 261 g/mol. The SMILES string of the molecule is BOC(=O)[C@H](C)O/N=C(\C(=O)O)c1nsc(C)n1. The zero-order chi connectivity index (χ0) is 13.7. The summed E-state index contributed by atoms with van der Waals surface area (Å²) >= 11 is 1.04. The van der Waals surface area contributed by atoms with Crippen molar-refractivity contribution in [3.8, 4) is 0 Å². The van der Waals surface area contributed by atoms with Crippen LogP contribution in [0.1, 0.15) is 17.8 Å². The van der Waals surface area contributed by atoms with Crippen molar-refractivity contribution >= 4 is 37.2 Å². The predicted octanol–water partition coefficient (Wildman–Crippen LogP) is -0.868. The van der Waals surface area contributed by atoms with Gasteiger partial charge in [0, 0.05) is 0 Å². The molecule has 0 aliphatic heterocycles. The van der Waals surface area contributed by atoms with E-state index in [1.165, 1.54) is 15.0 Å². The molecule has 0 radical (unpaired) electrons. The van der Waals surface area contributed by atoms with Crippen molar-refractivity contribution in [2.75, 3.05) is 0 Å². The van der Waals surface area contributed by atoms with Crippen LogP contribution >= 0.6 is 11.5 Å². The van der Waals surface area contributed by atoms with Crippen LogP contribution in [0, 0.1) is 6.92 Å². The minimum Gasteiger partial charge on any atom is -0.541 e. The average Bonchev–Trinajstić information content (AvgIpc) is 2.74. The molecule has 0 fully saturated rings. The molecule has 0 aliphatic rings. The molecule has 0 amide bonds. The first-order chi connectivity index (χ1) is 8.45. The molecule has 1 heterocycles. The summed E-state index contributed by atoms with van der Waals surface area (Å²) in [6.07, 6.45) is -1.01. The number of carbonyl (C=O) groups is 2. The zero-order valence-electron chi connectivity index (χ0n) is 9.91. The van der Waals surface area contributed by atoms with Gasteiger partial charge in [-0.2, -0.15) is 4.37 Å². The van der Waals surface area contributed by atoms with E-state index in [0.717, 1.165) is 11.5 Å². The molecule has 0 saturated carbocycles. The van der Waals surface area contributed by atoms with E-state index < -0.39 is 23.8 Å². The zero-order valence-corrected chi connectivity index (χ0v) is 10.7. The van der Waals surface area contributed by atoms with Crippen LogP contribution in [0.4, 0.5) is 0 Å². The third kappa shape index (κ3) is 3.52. The highest BCUT2D eigenvalue weighted by Crippen LogP contribution is 2.05. The fourth-order valence-electron chi connectivity index (χ4n) is 0.912. The highest BCUT2D eigenvalue weighted by molar-refractivity contribution is 7.05. The fourth-order valence-corrected chi connectivity index (χ4v) is 1.38. The van der Waals surface area contributed by atoms with E-state index in [9.17, 15) is 9.59 Å². The van der Waals surface area contributed by atoms with Crippen molar-refractivity contribution in [3.63, 3.8) is 0 Å². The normalized spacial score (nSPS) is 12.9. The Bertz CT molecular complexity index is 489. The monoisotopic (exact) mass is 271 g/mol. The van der Waals surface area contributed by atoms with Crippen LogP contribution in [0.2, 0.25) is 0 Å². The number of aryl methyl sites for hydroxylation is 1. The Balaban J connectivity index is 2.86. The molecule has 0 aromatic carbocycles. The molecule has 1 rings (SSSR count). The van der Waals surface area contributed by atoms with Crippen LogP contribution < -0.4 is 0 Å². The highest BCUT2D eigenvalue weighted by atomic mass is 32.1. The molecule has 1 N–H and O–H groups in total. The summed E-state index contributed by atoms with van der Waals surface area (Å²) in [5, 5.41) is 12.9. The number of oxime groups is 1. The molecule has 0 bridgehead atoms. The Morgan fingerprint density at radius 3 is 2.67 bits per heavy atom. The predicted molar refractivity (Wildman–Crippen MR) is 64.0 cm³/mol. The largest absolute Gasteiger partial charge is 0.541 e. The second-order valence-corrected chi connectivity index (χ2v) is 4.11. The van der Waals surface area contributed by atoms with Gasteiger partial charge < -0.3 is 14.6 Å². The number of hydrogen-bond donors (Lipinski definition) is 1. The highest BCUT2D eigenvalue weighted by Gasteiger charge is 2.21. The third-order valence-corrected chi connectivity index (χ3v) is 2.40. The summed E-state index contributed by atoms with van der Waals surface area (Å²) < 4.78 is 8.21. The van der Waals surface area contributed by atoms with Crippen molar-refractivity contribution in [2.24, 2.45) is 5.16 Å². The maximum Gasteiger partial charge on any atom is 0.362 e. The molecular formula is C8H10BN3O5S. The van der Waals surface area contributed by atoms with E-state index in [2.05, 4.69) is 19.2 Å². The third-order valence-electron chi connectivity index (χ3n) is 1.78. The van der Waals surface area contributed by atoms with Crippen molar-refractivity contribution in [3.05, 3.63) is 10.8 Å². The van der Waals surface area contributed by atoms with Crippen LogP contribution in [0.3, 0.4) is 0 Å². The molecule has 1 aromatic heterocycles. The minimum atomic E-state index is -1.34. The Kier molecular flexibility index (Phi) is 4.78. The summed E-state index contributed by atoms with van der Waals surface area (Å²) in [6.45, 7) is 3.06. The minimum absolute atomic E-state index is 0.0536. The molecule has 0 aliphatic carbocycles. The average molecular weight is 271 g/mol. The summed E-state index contributed by atoms with van der Waals surface area (Å²) in [7, 11) is 1.19. The number of aliphatic carboxylic acids is 1. The lowest BCUT2D eigenvalue weighted by molar-refractivity contribution is -0.146. The van der Waals surface area contributed by atoms with Gasteiger partial charge in [0.1, 0.15) is 5.01 Å². The van der Waals surface area contributed by atoms with E-state index >= 15 is 0 Å². The molecule has 0 saturated heterocycles. The number of hydrogen-bond acceptors (Lipinski definition) is 8. The first-order valence-corrected chi connectivity index (χ1v) is 5.58. The number of aromatic nitrogens is 2. The second kappa shape index (κ2) is 6.10. The van der Waals surface area contributed by atoms with E-state index in [4.69, 9.17) is 9.94 Å². The number of carboxylic acids is 1. The Labute approximate surface area is 107 Å². The number of rotatable bonds is 5. The lowest BCUT2D eigenvalue weighted by Crippen LogP contribution is -2.23. The van der Waals surface area contributed by atoms with E-state index in [0.29, 0.717) is 5.01 Å². The standard InChI is InChI=1S/C8H10BN3O5S/c1-3(8(15)16-9)17-11-5(7(13)14)6-10-4(2)18-12-6/h3H,9H2,1-2H3,(H,13,14)/b11-5-/t3-/m0/s1. The molecule has 18 heavy (non-hydrogen) atoms. The van der Waals surface area contributed by atoms with Crippen molar-refractivity contribution < 1.29 is 24.2 Å². The Hall–Kier alpha value is -1.97. The topological polar surface area (TPSA) is 111 Å². The second-order valence-electron chi connectivity index (χ2n) is 3.15. The summed E-state index contributed by atoms with van der Waals surface area (Å²) in [5.74, 6) is -2.06. The molecule has 0 spiro atoms. The molecule has 8 nitrogen and oxygen atoms in total. The van der Waals surface area contributed by atoms with Crippen molar-refractivity contribution in [2.45, 2.75) is 20.0 Å². The number of carbonyl (C=O) groups excluding carboxylic acids is 1. The summed E-state index contributed by atoms with van der Waals surface area (Å²) in [4.78, 5) is 30.6. The first-order valence-electron chi connectivity index (χ1n) is 4.81. The van der Waals surface area contributed by atoms with Gasteiger partial charge in [0.05, 0.1) is 0 Å². The summed E-state index contributed by atoms with van der Waals surface area (Å²) in [6, 6.07) is 0. The van der Waals surface area contributed by atoms with Crippen LogP contribution in [0.25, 0.3) is 0 Å². The first kappa shape index (κ1) is 14.1. The lowest BCUT2D eigenvalue weighted by atomic mass is 10.3. The van der Waals surface area contributed by atoms with E-state index in [-0.39, 0.29) is 5.82 Å².